The molecule has 8 nitrogen and oxygen atoms in total. The summed E-state index contributed by atoms with van der Waals surface area (Å²) in [5, 5.41) is 22.1. The van der Waals surface area contributed by atoms with Gasteiger partial charge in [0, 0.05) is 49.4 Å². The number of halogens is 3. The number of carbonyl (C=O) groups is 2. The SMILES string of the molecule is O=C(O)C(F)(F)F.O=C(c1csnn1)N1CCC2(c3ccccc3)CN(CCO)CC2C1. The number of carbonyl (C=O) groups excluding carboxylic acids is 1. The normalized spacial score (nSPS) is 23.2. The van der Waals surface area contributed by atoms with Gasteiger partial charge in [-0.15, -0.1) is 5.10 Å². The van der Waals surface area contributed by atoms with Crippen molar-refractivity contribution < 1.29 is 33.0 Å². The van der Waals surface area contributed by atoms with Crippen LogP contribution >= 0.6 is 11.5 Å². The Balaban J connectivity index is 0.000000360. The first-order valence-corrected chi connectivity index (χ1v) is 10.8. The Morgan fingerprint density at radius 1 is 1.22 bits per heavy atom. The largest absolute Gasteiger partial charge is 0.490 e. The Bertz CT molecular complexity index is 913. The van der Waals surface area contributed by atoms with Crippen molar-refractivity contribution in [1.82, 2.24) is 19.4 Å². The lowest BCUT2D eigenvalue weighted by molar-refractivity contribution is -0.192. The highest BCUT2D eigenvalue weighted by molar-refractivity contribution is 7.03. The van der Waals surface area contributed by atoms with Crippen LogP contribution < -0.4 is 0 Å². The third-order valence-corrected chi connectivity index (χ3v) is 6.41. The Hall–Kier alpha value is -2.57. The molecule has 2 fully saturated rings. The van der Waals surface area contributed by atoms with E-state index in [1.165, 1.54) is 17.1 Å². The average Bonchev–Trinajstić information content (AvgIpc) is 3.42. The quantitative estimate of drug-likeness (QED) is 0.700. The molecule has 0 radical (unpaired) electrons. The fraction of sp³-hybridized carbons (Fsp3) is 0.500. The lowest BCUT2D eigenvalue weighted by Crippen LogP contribution is -2.51. The summed E-state index contributed by atoms with van der Waals surface area (Å²) >= 11 is 1.21. The van der Waals surface area contributed by atoms with E-state index in [0.717, 1.165) is 32.6 Å². The average molecular weight is 472 g/mol. The van der Waals surface area contributed by atoms with Crippen molar-refractivity contribution in [3.05, 3.63) is 47.0 Å². The molecule has 0 spiro atoms. The number of aliphatic carboxylic acids is 1. The second kappa shape index (κ2) is 9.92. The molecule has 12 heteroatoms. The molecule has 2 atom stereocenters. The number of rotatable bonds is 4. The zero-order valence-electron chi connectivity index (χ0n) is 17.0. The van der Waals surface area contributed by atoms with E-state index in [4.69, 9.17) is 9.90 Å². The van der Waals surface area contributed by atoms with E-state index in [0.29, 0.717) is 18.2 Å². The number of aromatic nitrogens is 2. The van der Waals surface area contributed by atoms with Crippen LogP contribution in [0.5, 0.6) is 0 Å². The summed E-state index contributed by atoms with van der Waals surface area (Å²) in [5.74, 6) is -2.41. The van der Waals surface area contributed by atoms with Gasteiger partial charge in [0.05, 0.1) is 6.61 Å². The second-order valence-corrected chi connectivity index (χ2v) is 8.38. The van der Waals surface area contributed by atoms with Gasteiger partial charge in [-0.25, -0.2) is 4.79 Å². The van der Waals surface area contributed by atoms with Crippen LogP contribution in [0.4, 0.5) is 13.2 Å². The fourth-order valence-electron chi connectivity index (χ4n) is 4.44. The number of likely N-dealkylation sites (tertiary alicyclic amines) is 2. The summed E-state index contributed by atoms with van der Waals surface area (Å²) in [5.41, 5.74) is 1.86. The fourth-order valence-corrected chi connectivity index (χ4v) is 4.87. The molecule has 1 aromatic carbocycles. The summed E-state index contributed by atoms with van der Waals surface area (Å²) in [6.45, 7) is 4.18. The molecule has 2 saturated heterocycles. The third kappa shape index (κ3) is 5.25. The highest BCUT2D eigenvalue weighted by Gasteiger charge is 2.50. The molecule has 32 heavy (non-hydrogen) atoms. The summed E-state index contributed by atoms with van der Waals surface area (Å²) in [6.07, 6.45) is -4.15. The van der Waals surface area contributed by atoms with Gasteiger partial charge >= 0.3 is 12.1 Å². The van der Waals surface area contributed by atoms with E-state index < -0.39 is 12.1 Å². The van der Waals surface area contributed by atoms with Gasteiger partial charge in [0.15, 0.2) is 5.69 Å². The minimum Gasteiger partial charge on any atom is -0.475 e. The molecular weight excluding hydrogens is 449 g/mol. The number of β-amino-alcohol motifs (C(OH)–C–C–N with tert-alkyl or cyclic N) is 1. The number of benzene rings is 1. The second-order valence-electron chi connectivity index (χ2n) is 7.77. The van der Waals surface area contributed by atoms with E-state index in [1.807, 2.05) is 11.0 Å². The Morgan fingerprint density at radius 3 is 2.47 bits per heavy atom. The van der Waals surface area contributed by atoms with Crippen LogP contribution in [0, 0.1) is 5.92 Å². The first kappa shape index (κ1) is 24.1. The number of nitrogens with zero attached hydrogens (tertiary/aromatic N) is 4. The molecule has 2 aliphatic heterocycles. The molecule has 1 aromatic heterocycles. The van der Waals surface area contributed by atoms with Gasteiger partial charge in [0.1, 0.15) is 0 Å². The maximum atomic E-state index is 12.7. The highest BCUT2D eigenvalue weighted by atomic mass is 32.1. The Labute approximate surface area is 186 Å². The summed E-state index contributed by atoms with van der Waals surface area (Å²) in [7, 11) is 0. The smallest absolute Gasteiger partial charge is 0.475 e. The van der Waals surface area contributed by atoms with Crippen LogP contribution in [0.1, 0.15) is 22.5 Å². The molecule has 2 N–H and O–H groups in total. The van der Waals surface area contributed by atoms with Crippen molar-refractivity contribution in [2.45, 2.75) is 18.0 Å². The van der Waals surface area contributed by atoms with Crippen LogP contribution in [-0.2, 0) is 10.2 Å². The van der Waals surface area contributed by atoms with Gasteiger partial charge in [0.25, 0.3) is 5.91 Å². The van der Waals surface area contributed by atoms with Crippen LogP contribution in [0.15, 0.2) is 35.7 Å². The van der Waals surface area contributed by atoms with Crippen LogP contribution in [0.3, 0.4) is 0 Å². The van der Waals surface area contributed by atoms with Crippen LogP contribution in [-0.4, -0.2) is 87.0 Å². The number of amides is 1. The first-order valence-electron chi connectivity index (χ1n) is 9.92. The number of aliphatic hydroxyl groups is 1. The number of alkyl halides is 3. The van der Waals surface area contributed by atoms with Gasteiger partial charge < -0.3 is 15.1 Å². The van der Waals surface area contributed by atoms with Gasteiger partial charge in [-0.3, -0.25) is 9.69 Å². The zero-order chi connectivity index (χ0) is 23.4. The molecule has 2 aromatic rings. The van der Waals surface area contributed by atoms with Crippen molar-refractivity contribution in [3.8, 4) is 0 Å². The molecule has 2 aliphatic rings. The lowest BCUT2D eigenvalue weighted by Gasteiger charge is -2.44. The summed E-state index contributed by atoms with van der Waals surface area (Å²) in [6, 6.07) is 10.6. The number of hydrogen-bond donors (Lipinski definition) is 2. The number of aliphatic hydroxyl groups excluding tert-OH is 1. The molecule has 0 saturated carbocycles. The molecule has 0 bridgehead atoms. The first-order chi connectivity index (χ1) is 15.2. The minimum atomic E-state index is -5.08. The van der Waals surface area contributed by atoms with E-state index in [9.17, 15) is 23.1 Å². The van der Waals surface area contributed by atoms with Crippen molar-refractivity contribution in [2.24, 2.45) is 5.92 Å². The number of hydrogen-bond acceptors (Lipinski definition) is 7. The molecule has 174 valence electrons. The van der Waals surface area contributed by atoms with Crippen molar-refractivity contribution in [3.63, 3.8) is 0 Å². The molecule has 1 amide bonds. The standard InChI is InChI=1S/C18H22N4O2S.C2HF3O2/c23-9-8-21-10-15-11-22(17(24)16-12-25-20-19-16)7-6-18(15,13-21)14-4-2-1-3-5-14;3-2(4,5)1(6)7/h1-5,12,15,23H,6-11,13H2;(H,6,7). The molecule has 3 heterocycles. The zero-order valence-corrected chi connectivity index (χ0v) is 17.8. The summed E-state index contributed by atoms with van der Waals surface area (Å²) < 4.78 is 35.5. The molecule has 2 unspecified atom stereocenters. The molecular formula is C20H23F3N4O4S. The number of carboxylic acid groups (broad SMARTS) is 1. The molecule has 4 rings (SSSR count). The Kier molecular flexibility index (Phi) is 7.47. The highest BCUT2D eigenvalue weighted by Crippen LogP contribution is 2.45. The minimum absolute atomic E-state index is 0.0176. The van der Waals surface area contributed by atoms with Gasteiger partial charge in [0.2, 0.25) is 0 Å². The predicted molar refractivity (Wildman–Crippen MR) is 109 cm³/mol. The van der Waals surface area contributed by atoms with E-state index in [1.54, 1.807) is 5.38 Å². The van der Waals surface area contributed by atoms with Gasteiger partial charge in [-0.2, -0.15) is 13.2 Å². The maximum Gasteiger partial charge on any atom is 0.490 e. The molecule has 0 aliphatic carbocycles. The van der Waals surface area contributed by atoms with Crippen molar-refractivity contribution >= 4 is 23.4 Å². The topological polar surface area (TPSA) is 107 Å². The number of fused-ring (bicyclic) bond motifs is 1. The van der Waals surface area contributed by atoms with Gasteiger partial charge in [-0.1, -0.05) is 34.8 Å². The number of piperidine rings is 1. The van der Waals surface area contributed by atoms with Crippen molar-refractivity contribution in [2.75, 3.05) is 39.3 Å². The van der Waals surface area contributed by atoms with Crippen LogP contribution in [0.2, 0.25) is 0 Å². The van der Waals surface area contributed by atoms with E-state index >= 15 is 0 Å². The van der Waals surface area contributed by atoms with E-state index in [-0.39, 0.29) is 17.9 Å². The van der Waals surface area contributed by atoms with Crippen LogP contribution in [0.25, 0.3) is 0 Å². The summed E-state index contributed by atoms with van der Waals surface area (Å²) in [4.78, 5) is 25.8. The maximum absolute atomic E-state index is 12.7. The van der Waals surface area contributed by atoms with Crippen molar-refractivity contribution in [1.29, 1.82) is 0 Å². The third-order valence-electron chi connectivity index (χ3n) is 5.91. The lowest BCUT2D eigenvalue weighted by atomic mass is 9.68. The number of carboxylic acids is 1. The monoisotopic (exact) mass is 472 g/mol. The Morgan fingerprint density at radius 2 is 1.91 bits per heavy atom. The predicted octanol–water partition coefficient (Wildman–Crippen LogP) is 1.88. The van der Waals surface area contributed by atoms with Gasteiger partial charge in [-0.05, 0) is 23.5 Å². The van der Waals surface area contributed by atoms with E-state index in [2.05, 4.69) is 38.8 Å².